The third-order valence-electron chi connectivity index (χ3n) is 11.4. The largest absolute Gasteiger partial charge is 0.310 e. The zero-order valence-electron chi connectivity index (χ0n) is 31.7. The number of hydrogen-bond donors (Lipinski definition) is 0. The first kappa shape index (κ1) is 34.0. The summed E-state index contributed by atoms with van der Waals surface area (Å²) in [4.78, 5) is 2.42. The van der Waals surface area contributed by atoms with E-state index in [-0.39, 0.29) is 0 Å². The molecule has 0 amide bonds. The van der Waals surface area contributed by atoms with Gasteiger partial charge >= 0.3 is 0 Å². The Balaban J connectivity index is 1.03. The van der Waals surface area contributed by atoms with Crippen molar-refractivity contribution in [2.24, 2.45) is 0 Å². The summed E-state index contributed by atoms with van der Waals surface area (Å²) in [7, 11) is 0. The second-order valence-corrected chi connectivity index (χ2v) is 16.0. The highest BCUT2D eigenvalue weighted by Crippen LogP contribution is 2.45. The molecule has 0 radical (unpaired) electrons. The molecule has 2 heteroatoms. The Morgan fingerprint density at radius 3 is 1.78 bits per heavy atom. The van der Waals surface area contributed by atoms with Crippen molar-refractivity contribution >= 4 is 70.1 Å². The SMILES string of the molecule is c1cc(-c2ccc(N(c3cccc(-c4ccc5ccccc5c4)c3)c3ccccc3-c3cccc4ccccc34)cc2)cc(-c2cccc3c2sc2ccccc23)c1. The van der Waals surface area contributed by atoms with E-state index in [0.29, 0.717) is 0 Å². The zero-order valence-corrected chi connectivity index (χ0v) is 32.5. The molecule has 11 rings (SSSR count). The van der Waals surface area contributed by atoms with E-state index in [1.54, 1.807) is 0 Å². The van der Waals surface area contributed by atoms with Gasteiger partial charge in [-0.15, -0.1) is 11.3 Å². The first-order valence-electron chi connectivity index (χ1n) is 19.8. The van der Waals surface area contributed by atoms with E-state index in [2.05, 4.69) is 229 Å². The lowest BCUT2D eigenvalue weighted by molar-refractivity contribution is 1.28. The summed E-state index contributed by atoms with van der Waals surface area (Å²) in [5.41, 5.74) is 13.0. The summed E-state index contributed by atoms with van der Waals surface area (Å²) in [6.07, 6.45) is 0. The van der Waals surface area contributed by atoms with Gasteiger partial charge in [-0.05, 0) is 109 Å². The average molecular weight is 756 g/mol. The number of rotatable bonds is 7. The number of thiophene rings is 1. The number of para-hydroxylation sites is 1. The Morgan fingerprint density at radius 1 is 0.293 bits per heavy atom. The Morgan fingerprint density at radius 2 is 0.879 bits per heavy atom. The van der Waals surface area contributed by atoms with E-state index in [0.717, 1.165) is 17.1 Å². The highest BCUT2D eigenvalue weighted by Gasteiger charge is 2.19. The van der Waals surface area contributed by atoms with E-state index in [1.807, 2.05) is 11.3 Å². The molecule has 10 aromatic carbocycles. The van der Waals surface area contributed by atoms with Crippen LogP contribution in [0, 0.1) is 0 Å². The van der Waals surface area contributed by atoms with Crippen LogP contribution >= 0.6 is 11.3 Å². The Kier molecular flexibility index (Phi) is 8.42. The van der Waals surface area contributed by atoms with Crippen LogP contribution in [0.3, 0.4) is 0 Å². The summed E-state index contributed by atoms with van der Waals surface area (Å²) in [6.45, 7) is 0. The second-order valence-electron chi connectivity index (χ2n) is 14.9. The zero-order chi connectivity index (χ0) is 38.4. The summed E-state index contributed by atoms with van der Waals surface area (Å²) >= 11 is 1.88. The molecule has 0 N–H and O–H groups in total. The van der Waals surface area contributed by atoms with Crippen LogP contribution in [0.4, 0.5) is 17.1 Å². The standard InChI is InChI=1S/C56H37NS/c1-2-15-41-35-44(30-29-38(41)13-1)43-18-10-20-47(37-43)57(54-27-7-5-22-51(54)50-25-11-16-40-14-3-4-21-48(40)50)46-33-31-39(32-34-46)42-17-9-19-45(36-42)49-24-12-26-53-52-23-6-8-28-55(52)58-56(49)53/h1-37H. The molecule has 0 unspecified atom stereocenters. The predicted octanol–water partition coefficient (Wildman–Crippen LogP) is 16.5. The monoisotopic (exact) mass is 755 g/mol. The van der Waals surface area contributed by atoms with Crippen LogP contribution in [0.25, 0.3) is 86.2 Å². The van der Waals surface area contributed by atoms with Crippen LogP contribution in [-0.2, 0) is 0 Å². The van der Waals surface area contributed by atoms with Crippen molar-refractivity contribution in [2.75, 3.05) is 4.90 Å². The first-order chi connectivity index (χ1) is 28.7. The fourth-order valence-corrected chi connectivity index (χ4v) is 9.86. The molecule has 0 aliphatic heterocycles. The van der Waals surface area contributed by atoms with Crippen molar-refractivity contribution in [1.82, 2.24) is 0 Å². The third-order valence-corrected chi connectivity index (χ3v) is 12.7. The second kappa shape index (κ2) is 14.4. The minimum atomic E-state index is 1.10. The van der Waals surface area contributed by atoms with Crippen LogP contribution in [0.15, 0.2) is 224 Å². The molecule has 0 aliphatic rings. The van der Waals surface area contributed by atoms with E-state index < -0.39 is 0 Å². The lowest BCUT2D eigenvalue weighted by Gasteiger charge is -2.29. The predicted molar refractivity (Wildman–Crippen MR) is 251 cm³/mol. The van der Waals surface area contributed by atoms with Gasteiger partial charge in [-0.2, -0.15) is 0 Å². The van der Waals surface area contributed by atoms with Crippen LogP contribution in [-0.4, -0.2) is 0 Å². The molecule has 0 saturated carbocycles. The van der Waals surface area contributed by atoms with Crippen molar-refractivity contribution in [1.29, 1.82) is 0 Å². The summed E-state index contributed by atoms with van der Waals surface area (Å²) in [5, 5.41) is 7.60. The molecular weight excluding hydrogens is 719 g/mol. The molecule has 1 aromatic heterocycles. The number of hydrogen-bond acceptors (Lipinski definition) is 2. The minimum absolute atomic E-state index is 1.10. The average Bonchev–Trinajstić information content (AvgIpc) is 3.68. The van der Waals surface area contributed by atoms with Crippen LogP contribution in [0.5, 0.6) is 0 Å². The van der Waals surface area contributed by atoms with Gasteiger partial charge in [-0.1, -0.05) is 176 Å². The molecule has 1 heterocycles. The molecule has 0 aliphatic carbocycles. The van der Waals surface area contributed by atoms with Crippen LogP contribution < -0.4 is 4.90 Å². The van der Waals surface area contributed by atoms with Crippen LogP contribution in [0.2, 0.25) is 0 Å². The number of nitrogens with zero attached hydrogens (tertiary/aromatic N) is 1. The van der Waals surface area contributed by atoms with Gasteiger partial charge in [0, 0.05) is 37.1 Å². The molecule has 0 bridgehead atoms. The van der Waals surface area contributed by atoms with E-state index >= 15 is 0 Å². The van der Waals surface area contributed by atoms with Gasteiger partial charge in [-0.25, -0.2) is 0 Å². The van der Waals surface area contributed by atoms with Gasteiger partial charge in [0.1, 0.15) is 0 Å². The topological polar surface area (TPSA) is 3.24 Å². The summed E-state index contributed by atoms with van der Waals surface area (Å²) < 4.78 is 2.66. The fraction of sp³-hybridized carbons (Fsp3) is 0. The van der Waals surface area contributed by atoms with Gasteiger partial charge in [0.2, 0.25) is 0 Å². The lowest BCUT2D eigenvalue weighted by atomic mass is 9.95. The molecule has 1 nitrogen and oxygen atoms in total. The van der Waals surface area contributed by atoms with Crippen molar-refractivity contribution in [3.05, 3.63) is 224 Å². The molecule has 0 fully saturated rings. The maximum absolute atomic E-state index is 2.42. The number of benzene rings is 10. The lowest BCUT2D eigenvalue weighted by Crippen LogP contribution is -2.11. The van der Waals surface area contributed by atoms with Gasteiger partial charge in [0.25, 0.3) is 0 Å². The maximum atomic E-state index is 2.42. The van der Waals surface area contributed by atoms with Crippen molar-refractivity contribution in [2.45, 2.75) is 0 Å². The molecular formula is C56H37NS. The molecule has 58 heavy (non-hydrogen) atoms. The smallest absolute Gasteiger partial charge is 0.0540 e. The Hall–Kier alpha value is -7.26. The molecule has 0 atom stereocenters. The van der Waals surface area contributed by atoms with Crippen molar-refractivity contribution in [3.8, 4) is 44.5 Å². The van der Waals surface area contributed by atoms with Gasteiger partial charge in [0.15, 0.2) is 0 Å². The summed E-state index contributed by atoms with van der Waals surface area (Å²) in [5.74, 6) is 0. The fourth-order valence-electron chi connectivity index (χ4n) is 8.62. The Bertz CT molecular complexity index is 3290. The van der Waals surface area contributed by atoms with Gasteiger partial charge in [-0.3, -0.25) is 0 Å². The molecule has 0 spiro atoms. The quantitative estimate of drug-likeness (QED) is 0.157. The normalized spacial score (nSPS) is 11.4. The summed E-state index contributed by atoms with van der Waals surface area (Å²) in [6, 6.07) is 82.0. The van der Waals surface area contributed by atoms with Gasteiger partial charge < -0.3 is 4.90 Å². The van der Waals surface area contributed by atoms with E-state index in [9.17, 15) is 0 Å². The van der Waals surface area contributed by atoms with Crippen molar-refractivity contribution in [3.63, 3.8) is 0 Å². The van der Waals surface area contributed by atoms with Crippen molar-refractivity contribution < 1.29 is 0 Å². The maximum Gasteiger partial charge on any atom is 0.0540 e. The highest BCUT2D eigenvalue weighted by molar-refractivity contribution is 7.26. The molecule has 272 valence electrons. The Labute approximate surface area is 342 Å². The molecule has 0 saturated heterocycles. The minimum Gasteiger partial charge on any atom is -0.310 e. The van der Waals surface area contributed by atoms with E-state index in [4.69, 9.17) is 0 Å². The third kappa shape index (κ3) is 6.03. The van der Waals surface area contributed by atoms with Crippen LogP contribution in [0.1, 0.15) is 0 Å². The first-order valence-corrected chi connectivity index (χ1v) is 20.6. The highest BCUT2D eigenvalue weighted by atomic mass is 32.1. The van der Waals surface area contributed by atoms with E-state index in [1.165, 1.54) is 86.2 Å². The number of fused-ring (bicyclic) bond motifs is 5. The van der Waals surface area contributed by atoms with Gasteiger partial charge in [0.05, 0.1) is 5.69 Å². The molecule has 11 aromatic rings. The number of anilines is 3.